The third-order valence-electron chi connectivity index (χ3n) is 3.80. The Bertz CT molecular complexity index is 791. The van der Waals surface area contributed by atoms with Gasteiger partial charge < -0.3 is 5.73 Å². The van der Waals surface area contributed by atoms with E-state index in [4.69, 9.17) is 5.73 Å². The number of hydrogen-bond acceptors (Lipinski definition) is 6. The number of carbonyl (C=O) groups is 5. The summed E-state index contributed by atoms with van der Waals surface area (Å²) < 4.78 is 0. The van der Waals surface area contributed by atoms with Gasteiger partial charge in [-0.25, -0.2) is 0 Å². The van der Waals surface area contributed by atoms with Crippen LogP contribution >= 0.6 is 11.8 Å². The summed E-state index contributed by atoms with van der Waals surface area (Å²) in [7, 11) is 0. The van der Waals surface area contributed by atoms with Gasteiger partial charge in [0, 0.05) is 11.3 Å². The molecule has 124 valence electrons. The molecule has 3 N–H and O–H groups in total. The molecule has 8 nitrogen and oxygen atoms in total. The molecule has 0 saturated carbocycles. The quantitative estimate of drug-likeness (QED) is 0.567. The molecular formula is C15H13N3O5S. The van der Waals surface area contributed by atoms with Gasteiger partial charge >= 0.3 is 0 Å². The number of carbonyl (C=O) groups excluding carboxylic acids is 5. The van der Waals surface area contributed by atoms with Crippen molar-refractivity contribution in [2.45, 2.75) is 23.8 Å². The summed E-state index contributed by atoms with van der Waals surface area (Å²) in [6, 6.07) is 3.70. The third-order valence-corrected chi connectivity index (χ3v) is 4.88. The maximum Gasteiger partial charge on any atom is 0.263 e. The first-order chi connectivity index (χ1) is 11.4. The molecule has 24 heavy (non-hydrogen) atoms. The highest BCUT2D eigenvalue weighted by molar-refractivity contribution is 8.00. The fourth-order valence-corrected chi connectivity index (χ4v) is 3.57. The lowest BCUT2D eigenvalue weighted by Gasteiger charge is -2.27. The lowest BCUT2D eigenvalue weighted by molar-refractivity contribution is -0.136. The van der Waals surface area contributed by atoms with Crippen LogP contribution in [0.4, 0.5) is 0 Å². The van der Waals surface area contributed by atoms with Crippen molar-refractivity contribution in [2.24, 2.45) is 5.73 Å². The van der Waals surface area contributed by atoms with Crippen LogP contribution < -0.4 is 11.1 Å². The van der Waals surface area contributed by atoms with Crippen molar-refractivity contribution >= 4 is 41.3 Å². The van der Waals surface area contributed by atoms with Gasteiger partial charge in [0.2, 0.25) is 17.7 Å². The summed E-state index contributed by atoms with van der Waals surface area (Å²) in [4.78, 5) is 60.8. The molecule has 0 radical (unpaired) electrons. The number of hydrogen-bond donors (Lipinski definition) is 2. The Balaban J connectivity index is 1.94. The summed E-state index contributed by atoms with van der Waals surface area (Å²) in [5, 5.41) is 2.14. The lowest BCUT2D eigenvalue weighted by Crippen LogP contribution is -2.54. The Morgan fingerprint density at radius 1 is 1.25 bits per heavy atom. The predicted molar refractivity (Wildman–Crippen MR) is 83.0 cm³/mol. The smallest absolute Gasteiger partial charge is 0.263 e. The maximum absolute atomic E-state index is 12.7. The van der Waals surface area contributed by atoms with Gasteiger partial charge in [0.15, 0.2) is 0 Å². The number of nitrogens with zero attached hydrogens (tertiary/aromatic N) is 1. The molecule has 0 aliphatic carbocycles. The summed E-state index contributed by atoms with van der Waals surface area (Å²) in [5.74, 6) is -2.84. The highest BCUT2D eigenvalue weighted by atomic mass is 32.2. The molecule has 0 spiro atoms. The van der Waals surface area contributed by atoms with Gasteiger partial charge in [0.1, 0.15) is 6.04 Å². The molecule has 5 amide bonds. The summed E-state index contributed by atoms with van der Waals surface area (Å²) in [6.07, 6.45) is 0.160. The van der Waals surface area contributed by atoms with Crippen molar-refractivity contribution in [3.63, 3.8) is 0 Å². The number of nitrogens with one attached hydrogen (secondary N) is 1. The van der Waals surface area contributed by atoms with E-state index in [0.29, 0.717) is 4.90 Å². The Kier molecular flexibility index (Phi) is 4.10. The van der Waals surface area contributed by atoms with Gasteiger partial charge in [-0.15, -0.1) is 11.8 Å². The molecule has 1 atom stereocenters. The highest BCUT2D eigenvalue weighted by Crippen LogP contribution is 2.34. The van der Waals surface area contributed by atoms with Crippen LogP contribution in [0.1, 0.15) is 33.6 Å². The molecule has 1 aromatic rings. The standard InChI is InChI=1S/C15H13N3O5S/c16-10(19)6-24-9-3-1-2-7-12(9)15(23)18(14(7)22)8-4-5-11(20)17-13(8)21/h1-3,8H,4-6H2,(H2,16,19)(H,17,20,21). The average Bonchev–Trinajstić information content (AvgIpc) is 2.78. The molecule has 0 bridgehead atoms. The first kappa shape index (κ1) is 16.2. The minimum Gasteiger partial charge on any atom is -0.369 e. The van der Waals surface area contributed by atoms with E-state index in [1.165, 1.54) is 6.07 Å². The fraction of sp³-hybridized carbons (Fsp3) is 0.267. The summed E-state index contributed by atoms with van der Waals surface area (Å²) >= 11 is 1.06. The first-order valence-electron chi connectivity index (χ1n) is 7.16. The zero-order valence-electron chi connectivity index (χ0n) is 12.4. The zero-order chi connectivity index (χ0) is 17.4. The van der Waals surface area contributed by atoms with Gasteiger partial charge in [0.05, 0.1) is 16.9 Å². The Morgan fingerprint density at radius 2 is 2.00 bits per heavy atom. The third kappa shape index (κ3) is 2.67. The van der Waals surface area contributed by atoms with Gasteiger partial charge in [-0.3, -0.25) is 34.2 Å². The Hall–Kier alpha value is -2.68. The van der Waals surface area contributed by atoms with Crippen molar-refractivity contribution in [2.75, 3.05) is 5.75 Å². The molecule has 1 fully saturated rings. The van der Waals surface area contributed by atoms with Crippen LogP contribution in [0.5, 0.6) is 0 Å². The topological polar surface area (TPSA) is 127 Å². The van der Waals surface area contributed by atoms with E-state index < -0.39 is 35.6 Å². The van der Waals surface area contributed by atoms with Crippen LogP contribution in [0.2, 0.25) is 0 Å². The van der Waals surface area contributed by atoms with Crippen LogP contribution in [0.25, 0.3) is 0 Å². The number of nitrogens with two attached hydrogens (primary N) is 1. The van der Waals surface area contributed by atoms with Crippen LogP contribution in [-0.2, 0) is 14.4 Å². The second kappa shape index (κ2) is 6.08. The lowest BCUT2D eigenvalue weighted by atomic mass is 10.0. The number of amides is 5. The van der Waals surface area contributed by atoms with Crippen molar-refractivity contribution in [3.05, 3.63) is 29.3 Å². The summed E-state index contributed by atoms with van der Waals surface area (Å²) in [6.45, 7) is 0. The number of piperidine rings is 1. The van der Waals surface area contributed by atoms with Crippen molar-refractivity contribution < 1.29 is 24.0 Å². The summed E-state index contributed by atoms with van der Waals surface area (Å²) in [5.41, 5.74) is 5.46. The van der Waals surface area contributed by atoms with Crippen LogP contribution in [0.3, 0.4) is 0 Å². The molecular weight excluding hydrogens is 334 g/mol. The molecule has 0 aromatic heterocycles. The van der Waals surface area contributed by atoms with E-state index in [1.807, 2.05) is 0 Å². The molecule has 2 aliphatic rings. The molecule has 1 unspecified atom stereocenters. The number of primary amides is 1. The number of benzene rings is 1. The Labute approximate surface area is 140 Å². The average molecular weight is 347 g/mol. The number of fused-ring (bicyclic) bond motifs is 1. The van der Waals surface area contributed by atoms with Gasteiger partial charge in [-0.1, -0.05) is 6.07 Å². The van der Waals surface area contributed by atoms with Gasteiger partial charge in [0.25, 0.3) is 11.8 Å². The van der Waals surface area contributed by atoms with E-state index in [2.05, 4.69) is 5.32 Å². The van der Waals surface area contributed by atoms with Crippen LogP contribution in [0.15, 0.2) is 23.1 Å². The van der Waals surface area contributed by atoms with E-state index in [-0.39, 0.29) is 29.7 Å². The number of imide groups is 2. The minimum absolute atomic E-state index is 0.0314. The van der Waals surface area contributed by atoms with Crippen molar-refractivity contribution in [1.29, 1.82) is 0 Å². The van der Waals surface area contributed by atoms with Gasteiger partial charge in [-0.2, -0.15) is 0 Å². The maximum atomic E-state index is 12.7. The molecule has 2 aliphatic heterocycles. The molecule has 3 rings (SSSR count). The second-order valence-corrected chi connectivity index (χ2v) is 6.40. The predicted octanol–water partition coefficient (Wildman–Crippen LogP) is -0.335. The highest BCUT2D eigenvalue weighted by Gasteiger charge is 2.45. The molecule has 1 aromatic carbocycles. The monoisotopic (exact) mass is 347 g/mol. The van der Waals surface area contributed by atoms with E-state index >= 15 is 0 Å². The Morgan fingerprint density at radius 3 is 2.67 bits per heavy atom. The second-order valence-electron chi connectivity index (χ2n) is 5.38. The van der Waals surface area contributed by atoms with E-state index in [0.717, 1.165) is 16.7 Å². The van der Waals surface area contributed by atoms with E-state index in [9.17, 15) is 24.0 Å². The minimum atomic E-state index is -1.01. The zero-order valence-corrected chi connectivity index (χ0v) is 13.2. The number of thioether (sulfide) groups is 1. The van der Waals surface area contributed by atoms with Gasteiger partial charge in [-0.05, 0) is 18.6 Å². The van der Waals surface area contributed by atoms with Crippen LogP contribution in [0, 0.1) is 0 Å². The molecule has 2 heterocycles. The SMILES string of the molecule is NC(=O)CSc1cccc2c1C(=O)N(C1CCC(=O)NC1=O)C2=O. The van der Waals surface area contributed by atoms with Crippen molar-refractivity contribution in [1.82, 2.24) is 10.2 Å². The largest absolute Gasteiger partial charge is 0.369 e. The normalized spacial score (nSPS) is 20.2. The number of rotatable bonds is 4. The fourth-order valence-electron chi connectivity index (χ4n) is 2.75. The van der Waals surface area contributed by atoms with E-state index in [1.54, 1.807) is 12.1 Å². The first-order valence-corrected chi connectivity index (χ1v) is 8.14. The molecule has 1 saturated heterocycles. The van der Waals surface area contributed by atoms with Crippen molar-refractivity contribution in [3.8, 4) is 0 Å². The van der Waals surface area contributed by atoms with Crippen LogP contribution in [-0.4, -0.2) is 46.2 Å². The molecule has 9 heteroatoms.